The van der Waals surface area contributed by atoms with E-state index < -0.39 is 0 Å². The maximum absolute atomic E-state index is 12.5. The number of hydrogen-bond donors (Lipinski definition) is 2. The van der Waals surface area contributed by atoms with Gasteiger partial charge in [-0.05, 0) is 30.5 Å². The van der Waals surface area contributed by atoms with Gasteiger partial charge in [-0.1, -0.05) is 18.2 Å². The highest BCUT2D eigenvalue weighted by molar-refractivity contribution is 7.12. The van der Waals surface area contributed by atoms with E-state index in [0.717, 1.165) is 0 Å². The Hall–Kier alpha value is -3.00. The number of carbonyl (C=O) groups is 2. The van der Waals surface area contributed by atoms with Crippen LogP contribution in [0.2, 0.25) is 0 Å². The van der Waals surface area contributed by atoms with Crippen molar-refractivity contribution in [2.24, 2.45) is 0 Å². The van der Waals surface area contributed by atoms with Gasteiger partial charge >= 0.3 is 0 Å². The van der Waals surface area contributed by atoms with E-state index >= 15 is 0 Å². The summed E-state index contributed by atoms with van der Waals surface area (Å²) < 4.78 is 0. The summed E-state index contributed by atoms with van der Waals surface area (Å²) in [6, 6.07) is 10.6. The van der Waals surface area contributed by atoms with E-state index in [0.29, 0.717) is 28.1 Å². The van der Waals surface area contributed by atoms with Crippen LogP contribution in [-0.4, -0.2) is 39.8 Å². The maximum Gasteiger partial charge on any atom is 0.261 e. The summed E-state index contributed by atoms with van der Waals surface area (Å²) in [7, 11) is 0. The van der Waals surface area contributed by atoms with Crippen LogP contribution in [0.4, 0.5) is 0 Å². The molecule has 0 radical (unpaired) electrons. The van der Waals surface area contributed by atoms with E-state index in [1.54, 1.807) is 35.2 Å². The van der Waals surface area contributed by atoms with Gasteiger partial charge in [0.1, 0.15) is 5.82 Å². The van der Waals surface area contributed by atoms with Crippen molar-refractivity contribution in [2.75, 3.05) is 13.1 Å². The normalized spacial score (nSPS) is 10.7. The molecule has 0 aliphatic rings. The molecule has 7 nitrogen and oxygen atoms in total. The second kappa shape index (κ2) is 8.59. The molecule has 0 fully saturated rings. The van der Waals surface area contributed by atoms with Crippen LogP contribution in [-0.2, 0) is 11.3 Å². The summed E-state index contributed by atoms with van der Waals surface area (Å²) in [5, 5.41) is 5.09. The van der Waals surface area contributed by atoms with Crippen molar-refractivity contribution in [3.8, 4) is 0 Å². The number of H-pyrrole nitrogens is 1. The van der Waals surface area contributed by atoms with Crippen LogP contribution in [0.5, 0.6) is 0 Å². The smallest absolute Gasteiger partial charge is 0.261 e. The Kier molecular flexibility index (Phi) is 5.97. The van der Waals surface area contributed by atoms with Crippen LogP contribution in [0.15, 0.2) is 46.6 Å². The van der Waals surface area contributed by atoms with Crippen LogP contribution in [0.1, 0.15) is 28.8 Å². The second-order valence-electron chi connectivity index (χ2n) is 5.92. The van der Waals surface area contributed by atoms with Gasteiger partial charge < -0.3 is 15.2 Å². The van der Waals surface area contributed by atoms with Gasteiger partial charge in [-0.3, -0.25) is 14.4 Å². The standard InChI is InChI=1S/C19H20N4O3S/c1-2-23(17(24)9-10-20-19(26)15-8-5-11-27-15)12-16-21-14-7-4-3-6-13(14)18(25)22-16/h3-8,11H,2,9-10,12H2,1H3,(H,20,26)(H,21,22,25). The van der Waals surface area contributed by atoms with Gasteiger partial charge in [0.05, 0.1) is 22.3 Å². The highest BCUT2D eigenvalue weighted by atomic mass is 32.1. The fourth-order valence-corrected chi connectivity index (χ4v) is 3.34. The lowest BCUT2D eigenvalue weighted by Gasteiger charge is -2.20. The fourth-order valence-electron chi connectivity index (χ4n) is 2.70. The third kappa shape index (κ3) is 4.59. The Labute approximate surface area is 160 Å². The minimum absolute atomic E-state index is 0.111. The summed E-state index contributed by atoms with van der Waals surface area (Å²) in [6.45, 7) is 2.82. The molecule has 2 heterocycles. The van der Waals surface area contributed by atoms with Crippen molar-refractivity contribution in [3.63, 3.8) is 0 Å². The molecule has 0 unspecified atom stereocenters. The summed E-state index contributed by atoms with van der Waals surface area (Å²) in [6.07, 6.45) is 0.183. The first-order valence-corrected chi connectivity index (χ1v) is 9.54. The average Bonchev–Trinajstić information content (AvgIpc) is 3.21. The zero-order chi connectivity index (χ0) is 19.2. The number of fused-ring (bicyclic) bond motifs is 1. The molecule has 0 saturated heterocycles. The number of para-hydroxylation sites is 1. The lowest BCUT2D eigenvalue weighted by molar-refractivity contribution is -0.131. The van der Waals surface area contributed by atoms with Crippen molar-refractivity contribution in [1.82, 2.24) is 20.2 Å². The Morgan fingerprint density at radius 1 is 1.22 bits per heavy atom. The minimum Gasteiger partial charge on any atom is -0.351 e. The lowest BCUT2D eigenvalue weighted by Crippen LogP contribution is -2.35. The molecule has 0 aliphatic carbocycles. The van der Waals surface area contributed by atoms with Crippen LogP contribution in [0.3, 0.4) is 0 Å². The molecule has 1 aromatic carbocycles. The third-order valence-corrected chi connectivity index (χ3v) is 4.97. The molecule has 0 bridgehead atoms. The maximum atomic E-state index is 12.5. The van der Waals surface area contributed by atoms with E-state index in [2.05, 4.69) is 15.3 Å². The number of hydrogen-bond acceptors (Lipinski definition) is 5. The topological polar surface area (TPSA) is 95.2 Å². The highest BCUT2D eigenvalue weighted by Crippen LogP contribution is 2.09. The molecular weight excluding hydrogens is 364 g/mol. The Balaban J connectivity index is 1.60. The molecule has 2 N–H and O–H groups in total. The summed E-state index contributed by atoms with van der Waals surface area (Å²) in [5.41, 5.74) is 0.380. The van der Waals surface area contributed by atoms with Gasteiger partial charge in [-0.2, -0.15) is 0 Å². The number of amides is 2. The number of thiophene rings is 1. The molecule has 0 saturated carbocycles. The van der Waals surface area contributed by atoms with Crippen LogP contribution >= 0.6 is 11.3 Å². The van der Waals surface area contributed by atoms with Crippen molar-refractivity contribution < 1.29 is 9.59 Å². The molecule has 3 aromatic rings. The number of carbonyl (C=O) groups excluding carboxylic acids is 2. The first-order valence-electron chi connectivity index (χ1n) is 8.66. The number of aromatic amines is 1. The number of nitrogens with zero attached hydrogens (tertiary/aromatic N) is 2. The van der Waals surface area contributed by atoms with E-state index in [1.807, 2.05) is 18.4 Å². The van der Waals surface area contributed by atoms with E-state index in [9.17, 15) is 14.4 Å². The predicted octanol–water partition coefficient (Wildman–Crippen LogP) is 2.15. The van der Waals surface area contributed by atoms with Crippen molar-refractivity contribution in [1.29, 1.82) is 0 Å². The molecule has 27 heavy (non-hydrogen) atoms. The number of aromatic nitrogens is 2. The van der Waals surface area contributed by atoms with Gasteiger partial charge in [0, 0.05) is 19.5 Å². The van der Waals surface area contributed by atoms with Gasteiger partial charge in [0.15, 0.2) is 0 Å². The minimum atomic E-state index is -0.220. The molecule has 8 heteroatoms. The van der Waals surface area contributed by atoms with Crippen LogP contribution in [0, 0.1) is 0 Å². The highest BCUT2D eigenvalue weighted by Gasteiger charge is 2.15. The quantitative estimate of drug-likeness (QED) is 0.652. The lowest BCUT2D eigenvalue weighted by atomic mass is 10.2. The fraction of sp³-hybridized carbons (Fsp3) is 0.263. The van der Waals surface area contributed by atoms with Crippen molar-refractivity contribution in [2.45, 2.75) is 19.9 Å². The van der Waals surface area contributed by atoms with E-state index in [-0.39, 0.29) is 36.9 Å². The summed E-state index contributed by atoms with van der Waals surface area (Å²) in [5.74, 6) is 0.151. The van der Waals surface area contributed by atoms with Crippen molar-refractivity contribution in [3.05, 3.63) is 62.8 Å². The molecule has 0 spiro atoms. The van der Waals surface area contributed by atoms with Gasteiger partial charge in [-0.25, -0.2) is 4.98 Å². The van der Waals surface area contributed by atoms with Gasteiger partial charge in [0.2, 0.25) is 5.91 Å². The summed E-state index contributed by atoms with van der Waals surface area (Å²) in [4.78, 5) is 45.9. The Bertz CT molecular complexity index is 998. The van der Waals surface area contributed by atoms with Gasteiger partial charge in [0.25, 0.3) is 11.5 Å². The average molecular weight is 384 g/mol. The third-order valence-electron chi connectivity index (χ3n) is 4.11. The summed E-state index contributed by atoms with van der Waals surface area (Å²) >= 11 is 1.36. The molecule has 3 rings (SSSR count). The molecule has 2 aromatic heterocycles. The van der Waals surface area contributed by atoms with E-state index in [4.69, 9.17) is 0 Å². The first-order chi connectivity index (χ1) is 13.1. The Morgan fingerprint density at radius 2 is 2.04 bits per heavy atom. The second-order valence-corrected chi connectivity index (χ2v) is 6.87. The molecule has 0 atom stereocenters. The monoisotopic (exact) mass is 384 g/mol. The zero-order valence-corrected chi connectivity index (χ0v) is 15.7. The first kappa shape index (κ1) is 18.8. The zero-order valence-electron chi connectivity index (χ0n) is 14.9. The molecule has 140 valence electrons. The predicted molar refractivity (Wildman–Crippen MR) is 105 cm³/mol. The largest absolute Gasteiger partial charge is 0.351 e. The van der Waals surface area contributed by atoms with Crippen LogP contribution < -0.4 is 10.9 Å². The van der Waals surface area contributed by atoms with Gasteiger partial charge in [-0.15, -0.1) is 11.3 Å². The van der Waals surface area contributed by atoms with Crippen LogP contribution in [0.25, 0.3) is 10.9 Å². The van der Waals surface area contributed by atoms with Crippen molar-refractivity contribution >= 4 is 34.1 Å². The molecule has 2 amide bonds. The molecule has 0 aliphatic heterocycles. The molecular formula is C19H20N4O3S. The Morgan fingerprint density at radius 3 is 2.78 bits per heavy atom. The van der Waals surface area contributed by atoms with E-state index in [1.165, 1.54) is 11.3 Å². The number of nitrogens with one attached hydrogen (secondary N) is 2. The SMILES string of the molecule is CCN(Cc1nc2ccccc2c(=O)[nH]1)C(=O)CCNC(=O)c1cccs1. The number of rotatable bonds is 7. The number of benzene rings is 1.